The number of benzene rings is 1. The Kier molecular flexibility index (Phi) is 9.75. The van der Waals surface area contributed by atoms with E-state index in [0.29, 0.717) is 17.7 Å². The third-order valence-corrected chi connectivity index (χ3v) is 3.92. The van der Waals surface area contributed by atoms with E-state index in [1.54, 1.807) is 24.3 Å². The number of esters is 1. The van der Waals surface area contributed by atoms with Gasteiger partial charge in [-0.3, -0.25) is 9.59 Å². The molecular formula is C20H28N2O4. The predicted molar refractivity (Wildman–Crippen MR) is 102 cm³/mol. The number of methoxy groups -OCH3 is 1. The van der Waals surface area contributed by atoms with E-state index in [1.807, 2.05) is 6.08 Å². The van der Waals surface area contributed by atoms with Crippen LogP contribution in [0.25, 0.3) is 0 Å². The molecule has 6 heteroatoms. The fourth-order valence-electron chi connectivity index (χ4n) is 2.60. The minimum absolute atomic E-state index is 0.269. The summed E-state index contributed by atoms with van der Waals surface area (Å²) in [6, 6.07) is 5.96. The van der Waals surface area contributed by atoms with Gasteiger partial charge >= 0.3 is 5.97 Å². The Hall–Kier alpha value is -2.63. The minimum atomic E-state index is -0.711. The highest BCUT2D eigenvalue weighted by Gasteiger charge is 2.23. The molecule has 0 spiro atoms. The van der Waals surface area contributed by atoms with E-state index in [0.717, 1.165) is 32.1 Å². The molecule has 26 heavy (non-hydrogen) atoms. The second-order valence-corrected chi connectivity index (χ2v) is 6.06. The maximum absolute atomic E-state index is 12.6. The summed E-state index contributed by atoms with van der Waals surface area (Å²) >= 11 is 0. The van der Waals surface area contributed by atoms with Crippen molar-refractivity contribution in [2.24, 2.45) is 0 Å². The normalized spacial score (nSPS) is 11.3. The molecule has 1 atom stereocenters. The molecule has 0 radical (unpaired) electrons. The second kappa shape index (κ2) is 11.8. The lowest BCUT2D eigenvalue weighted by molar-refractivity contribution is -0.143. The number of allylic oxidation sites excluding steroid dienone is 1. The van der Waals surface area contributed by atoms with Gasteiger partial charge in [-0.05, 0) is 31.4 Å². The Balaban J connectivity index is 2.69. The van der Waals surface area contributed by atoms with Gasteiger partial charge in [0.25, 0.3) is 5.91 Å². The number of unbranched alkanes of at least 4 members (excludes halogenated alkanes) is 4. The number of hydrogen-bond acceptors (Lipinski definition) is 4. The maximum atomic E-state index is 12.6. The lowest BCUT2D eigenvalue weighted by atomic mass is 10.1. The van der Waals surface area contributed by atoms with Crippen LogP contribution in [0.5, 0.6) is 0 Å². The molecule has 0 aromatic heterocycles. The first-order valence-electron chi connectivity index (χ1n) is 8.85. The van der Waals surface area contributed by atoms with Gasteiger partial charge in [-0.2, -0.15) is 0 Å². The quantitative estimate of drug-likeness (QED) is 0.360. The zero-order chi connectivity index (χ0) is 19.4. The van der Waals surface area contributed by atoms with E-state index in [1.165, 1.54) is 14.0 Å². The molecule has 1 aromatic carbocycles. The summed E-state index contributed by atoms with van der Waals surface area (Å²) in [7, 11) is 1.30. The monoisotopic (exact) mass is 360 g/mol. The highest BCUT2D eigenvalue weighted by Crippen LogP contribution is 2.16. The molecule has 6 nitrogen and oxygen atoms in total. The minimum Gasteiger partial charge on any atom is -0.467 e. The molecule has 0 heterocycles. The van der Waals surface area contributed by atoms with Crippen LogP contribution in [0.4, 0.5) is 5.69 Å². The lowest BCUT2D eigenvalue weighted by Crippen LogP contribution is -2.41. The number of carbonyl (C=O) groups excluding carboxylic acids is 3. The van der Waals surface area contributed by atoms with Crippen LogP contribution < -0.4 is 10.6 Å². The fraction of sp³-hybridized carbons (Fsp3) is 0.450. The molecular weight excluding hydrogens is 332 g/mol. The van der Waals surface area contributed by atoms with Gasteiger partial charge in [0.05, 0.1) is 18.4 Å². The van der Waals surface area contributed by atoms with E-state index in [9.17, 15) is 14.4 Å². The molecule has 1 rings (SSSR count). The first-order valence-corrected chi connectivity index (χ1v) is 8.85. The van der Waals surface area contributed by atoms with E-state index < -0.39 is 17.9 Å². The molecule has 0 saturated carbocycles. The molecule has 2 N–H and O–H groups in total. The van der Waals surface area contributed by atoms with Crippen molar-refractivity contribution in [1.82, 2.24) is 5.32 Å². The molecule has 1 aromatic rings. The number of rotatable bonds is 11. The predicted octanol–water partition coefficient (Wildman–Crippen LogP) is 3.44. The van der Waals surface area contributed by atoms with Crippen LogP contribution >= 0.6 is 0 Å². The third kappa shape index (κ3) is 7.51. The van der Waals surface area contributed by atoms with E-state index in [2.05, 4.69) is 17.2 Å². The van der Waals surface area contributed by atoms with Gasteiger partial charge in [0.1, 0.15) is 6.04 Å². The molecule has 0 saturated heterocycles. The van der Waals surface area contributed by atoms with Crippen molar-refractivity contribution < 1.29 is 19.1 Å². The molecule has 142 valence electrons. The topological polar surface area (TPSA) is 84.5 Å². The molecule has 0 unspecified atom stereocenters. The number of amides is 2. The molecule has 0 aliphatic rings. The van der Waals surface area contributed by atoms with Crippen LogP contribution in [0, 0.1) is 0 Å². The fourth-order valence-corrected chi connectivity index (χ4v) is 2.60. The van der Waals surface area contributed by atoms with Crippen LogP contribution in [-0.2, 0) is 14.3 Å². The van der Waals surface area contributed by atoms with Gasteiger partial charge in [-0.25, -0.2) is 4.79 Å². The summed E-state index contributed by atoms with van der Waals surface area (Å²) in [5.74, 6) is -1.16. The molecule has 2 amide bonds. The Morgan fingerprint density at radius 2 is 1.85 bits per heavy atom. The van der Waals surface area contributed by atoms with Crippen LogP contribution in [0.3, 0.4) is 0 Å². The first-order chi connectivity index (χ1) is 12.5. The van der Waals surface area contributed by atoms with E-state index >= 15 is 0 Å². The maximum Gasteiger partial charge on any atom is 0.328 e. The lowest BCUT2D eigenvalue weighted by Gasteiger charge is -2.17. The number of nitrogens with one attached hydrogen (secondary N) is 2. The first kappa shape index (κ1) is 21.4. The average molecular weight is 360 g/mol. The molecule has 0 bridgehead atoms. The highest BCUT2D eigenvalue weighted by molar-refractivity contribution is 6.04. The summed E-state index contributed by atoms with van der Waals surface area (Å²) in [4.78, 5) is 35.8. The van der Waals surface area contributed by atoms with Crippen LogP contribution in [0.2, 0.25) is 0 Å². The van der Waals surface area contributed by atoms with Crippen molar-refractivity contribution in [3.63, 3.8) is 0 Å². The zero-order valence-corrected chi connectivity index (χ0v) is 15.5. The number of hydrogen-bond donors (Lipinski definition) is 2. The van der Waals surface area contributed by atoms with Crippen LogP contribution in [0.1, 0.15) is 55.8 Å². The number of anilines is 1. The van der Waals surface area contributed by atoms with Gasteiger partial charge < -0.3 is 15.4 Å². The van der Waals surface area contributed by atoms with Crippen LogP contribution in [-0.4, -0.2) is 30.9 Å². The van der Waals surface area contributed by atoms with Crippen molar-refractivity contribution in [2.45, 2.75) is 51.5 Å². The summed E-state index contributed by atoms with van der Waals surface area (Å²) < 4.78 is 4.80. The summed E-state index contributed by atoms with van der Waals surface area (Å²) in [6.45, 7) is 5.07. The summed E-state index contributed by atoms with van der Waals surface area (Å²) in [5.41, 5.74) is 0.716. The molecule has 0 aliphatic heterocycles. The SMILES string of the molecule is C=CCCCCCC[C@H](NC(=O)c1ccccc1NC(C)=O)C(=O)OC. The van der Waals surface area contributed by atoms with Crippen molar-refractivity contribution in [3.05, 3.63) is 42.5 Å². The Morgan fingerprint density at radius 1 is 1.15 bits per heavy atom. The highest BCUT2D eigenvalue weighted by atomic mass is 16.5. The van der Waals surface area contributed by atoms with Crippen molar-refractivity contribution >= 4 is 23.5 Å². The number of carbonyl (C=O) groups is 3. The van der Waals surface area contributed by atoms with Crippen molar-refractivity contribution in [1.29, 1.82) is 0 Å². The van der Waals surface area contributed by atoms with E-state index in [4.69, 9.17) is 4.74 Å². The Bertz CT molecular complexity index is 628. The molecule has 0 aliphatic carbocycles. The van der Waals surface area contributed by atoms with Crippen molar-refractivity contribution in [3.8, 4) is 0 Å². The van der Waals surface area contributed by atoms with Gasteiger partial charge in [0, 0.05) is 6.92 Å². The van der Waals surface area contributed by atoms with Gasteiger partial charge in [0.15, 0.2) is 0 Å². The summed E-state index contributed by atoms with van der Waals surface area (Å²) in [5, 5.41) is 5.34. The molecule has 0 fully saturated rings. The third-order valence-electron chi connectivity index (χ3n) is 3.92. The second-order valence-electron chi connectivity index (χ2n) is 6.06. The van der Waals surface area contributed by atoms with Crippen LogP contribution in [0.15, 0.2) is 36.9 Å². The largest absolute Gasteiger partial charge is 0.467 e. The Labute approximate surface area is 155 Å². The zero-order valence-electron chi connectivity index (χ0n) is 15.5. The van der Waals surface area contributed by atoms with E-state index in [-0.39, 0.29) is 5.91 Å². The Morgan fingerprint density at radius 3 is 2.50 bits per heavy atom. The van der Waals surface area contributed by atoms with Gasteiger partial charge in [-0.15, -0.1) is 6.58 Å². The smallest absolute Gasteiger partial charge is 0.328 e. The van der Waals surface area contributed by atoms with Crippen molar-refractivity contribution in [2.75, 3.05) is 12.4 Å². The standard InChI is InChI=1S/C20H28N2O4/c1-4-5-6-7-8-9-14-18(20(25)26-3)22-19(24)16-12-10-11-13-17(16)21-15(2)23/h4,10-13,18H,1,5-9,14H2,2-3H3,(H,21,23)(H,22,24)/t18-/m0/s1. The average Bonchev–Trinajstić information content (AvgIpc) is 2.62. The van der Waals surface area contributed by atoms with Gasteiger partial charge in [0.2, 0.25) is 5.91 Å². The van der Waals surface area contributed by atoms with Gasteiger partial charge in [-0.1, -0.05) is 37.5 Å². The number of para-hydroxylation sites is 1. The number of ether oxygens (including phenoxy) is 1. The summed E-state index contributed by atoms with van der Waals surface area (Å²) in [6.07, 6.45) is 7.29.